The van der Waals surface area contributed by atoms with Crippen LogP contribution in [-0.4, -0.2) is 35.4 Å². The maximum Gasteiger partial charge on any atom is 0.261 e. The minimum absolute atomic E-state index is 0.0635. The maximum absolute atomic E-state index is 13.3. The summed E-state index contributed by atoms with van der Waals surface area (Å²) in [5, 5.41) is 3.18. The molecular weight excluding hydrogens is 400 g/mol. The fraction of sp³-hybridized carbons (Fsp3) is 0.481. The number of nitrogens with zero attached hydrogens (tertiary/aromatic N) is 1. The molecule has 1 aliphatic carbocycles. The molecule has 0 radical (unpaired) electrons. The summed E-state index contributed by atoms with van der Waals surface area (Å²) in [7, 11) is 0. The number of hydrogen-bond donors (Lipinski definition) is 1. The van der Waals surface area contributed by atoms with Gasteiger partial charge in [-0.25, -0.2) is 0 Å². The van der Waals surface area contributed by atoms with Crippen molar-refractivity contribution in [1.29, 1.82) is 0 Å². The second kappa shape index (κ2) is 11.2. The molecule has 32 heavy (non-hydrogen) atoms. The highest BCUT2D eigenvalue weighted by Gasteiger charge is 2.30. The van der Waals surface area contributed by atoms with E-state index >= 15 is 0 Å². The first-order valence-electron chi connectivity index (χ1n) is 11.7. The van der Waals surface area contributed by atoms with Gasteiger partial charge in [-0.3, -0.25) is 9.59 Å². The van der Waals surface area contributed by atoms with E-state index in [0.29, 0.717) is 18.7 Å². The lowest BCUT2D eigenvalue weighted by Crippen LogP contribution is -2.52. The van der Waals surface area contributed by atoms with E-state index in [2.05, 4.69) is 5.32 Å². The van der Waals surface area contributed by atoms with E-state index in [1.807, 2.05) is 70.2 Å². The van der Waals surface area contributed by atoms with E-state index in [1.165, 1.54) is 0 Å². The average molecular weight is 437 g/mol. The minimum atomic E-state index is -0.521. The SMILES string of the molecule is CCC(C(=O)NC1CCCC1)N(Cc1ccc(C)cc1)C(=O)COc1ccc(C)cc1C. The lowest BCUT2D eigenvalue weighted by atomic mass is 10.1. The number of ether oxygens (including phenoxy) is 1. The van der Waals surface area contributed by atoms with Gasteiger partial charge in [0.05, 0.1) is 0 Å². The van der Waals surface area contributed by atoms with Crippen molar-refractivity contribution in [3.8, 4) is 5.75 Å². The Balaban J connectivity index is 1.76. The summed E-state index contributed by atoms with van der Waals surface area (Å²) in [5.74, 6) is 0.452. The highest BCUT2D eigenvalue weighted by atomic mass is 16.5. The van der Waals surface area contributed by atoms with E-state index in [9.17, 15) is 9.59 Å². The first kappa shape index (κ1) is 23.8. The molecule has 1 N–H and O–H groups in total. The summed E-state index contributed by atoms with van der Waals surface area (Å²) in [6.45, 7) is 8.28. The molecule has 2 aromatic rings. The van der Waals surface area contributed by atoms with Crippen LogP contribution in [0.5, 0.6) is 5.75 Å². The number of amides is 2. The van der Waals surface area contributed by atoms with Gasteiger partial charge >= 0.3 is 0 Å². The highest BCUT2D eigenvalue weighted by molar-refractivity contribution is 5.88. The van der Waals surface area contributed by atoms with Gasteiger partial charge in [0, 0.05) is 12.6 Å². The normalized spacial score (nSPS) is 14.8. The number of aryl methyl sites for hydroxylation is 3. The molecule has 5 heteroatoms. The van der Waals surface area contributed by atoms with Gasteiger partial charge in [-0.05, 0) is 57.2 Å². The Morgan fingerprint density at radius 3 is 2.31 bits per heavy atom. The minimum Gasteiger partial charge on any atom is -0.483 e. The highest BCUT2D eigenvalue weighted by Crippen LogP contribution is 2.21. The zero-order valence-corrected chi connectivity index (χ0v) is 19.8. The van der Waals surface area contributed by atoms with Gasteiger partial charge in [0.2, 0.25) is 5.91 Å². The van der Waals surface area contributed by atoms with Crippen molar-refractivity contribution < 1.29 is 14.3 Å². The van der Waals surface area contributed by atoms with Crippen LogP contribution in [0, 0.1) is 20.8 Å². The topological polar surface area (TPSA) is 58.6 Å². The molecule has 1 fully saturated rings. The molecule has 1 atom stereocenters. The molecular formula is C27H36N2O3. The fourth-order valence-electron chi connectivity index (χ4n) is 4.36. The summed E-state index contributed by atoms with van der Waals surface area (Å²) in [5.41, 5.74) is 4.31. The number of nitrogens with one attached hydrogen (secondary N) is 1. The summed E-state index contributed by atoms with van der Waals surface area (Å²) < 4.78 is 5.88. The molecule has 1 unspecified atom stereocenters. The maximum atomic E-state index is 13.3. The van der Waals surface area contributed by atoms with Crippen molar-refractivity contribution in [3.05, 3.63) is 64.7 Å². The monoisotopic (exact) mass is 436 g/mol. The molecule has 1 aliphatic rings. The molecule has 5 nitrogen and oxygen atoms in total. The van der Waals surface area contributed by atoms with Crippen LogP contribution in [0.1, 0.15) is 61.3 Å². The quantitative estimate of drug-likeness (QED) is 0.611. The third kappa shape index (κ3) is 6.35. The van der Waals surface area contributed by atoms with Gasteiger partial charge in [0.25, 0.3) is 5.91 Å². The third-order valence-electron chi connectivity index (χ3n) is 6.24. The Bertz CT molecular complexity index is 917. The van der Waals surface area contributed by atoms with Gasteiger partial charge in [0.1, 0.15) is 11.8 Å². The number of carbonyl (C=O) groups excluding carboxylic acids is 2. The standard InChI is InChI=1S/C27H36N2O3/c1-5-24(27(31)28-23-8-6-7-9-23)29(17-22-13-10-19(2)11-14-22)26(30)18-32-25-15-12-20(3)16-21(25)4/h10-16,23-24H,5-9,17-18H2,1-4H3,(H,28,31). The Labute approximate surface area is 192 Å². The second-order valence-corrected chi connectivity index (χ2v) is 8.98. The van der Waals surface area contributed by atoms with Crippen molar-refractivity contribution in [2.24, 2.45) is 0 Å². The molecule has 0 bridgehead atoms. The second-order valence-electron chi connectivity index (χ2n) is 8.98. The number of hydrogen-bond acceptors (Lipinski definition) is 3. The van der Waals surface area contributed by atoms with E-state index in [1.54, 1.807) is 4.90 Å². The summed E-state index contributed by atoms with van der Waals surface area (Å²) in [4.78, 5) is 28.1. The Morgan fingerprint density at radius 2 is 1.69 bits per heavy atom. The van der Waals surface area contributed by atoms with Crippen molar-refractivity contribution in [2.75, 3.05) is 6.61 Å². The lowest BCUT2D eigenvalue weighted by Gasteiger charge is -2.31. The zero-order chi connectivity index (χ0) is 23.1. The number of rotatable bonds is 9. The van der Waals surface area contributed by atoms with E-state index < -0.39 is 6.04 Å². The smallest absolute Gasteiger partial charge is 0.261 e. The van der Waals surface area contributed by atoms with Crippen LogP contribution in [-0.2, 0) is 16.1 Å². The molecule has 0 saturated heterocycles. The van der Waals surface area contributed by atoms with Crippen molar-refractivity contribution in [1.82, 2.24) is 10.2 Å². The predicted molar refractivity (Wildman–Crippen MR) is 128 cm³/mol. The Morgan fingerprint density at radius 1 is 1.03 bits per heavy atom. The van der Waals surface area contributed by atoms with Gasteiger partial charge in [-0.1, -0.05) is 67.3 Å². The van der Waals surface area contributed by atoms with Gasteiger partial charge in [-0.15, -0.1) is 0 Å². The molecule has 172 valence electrons. The van der Waals surface area contributed by atoms with Gasteiger partial charge in [0.15, 0.2) is 6.61 Å². The fourth-order valence-corrected chi connectivity index (χ4v) is 4.36. The van der Waals surface area contributed by atoms with E-state index in [4.69, 9.17) is 4.74 Å². The van der Waals surface area contributed by atoms with Crippen LogP contribution in [0.4, 0.5) is 0 Å². The van der Waals surface area contributed by atoms with Crippen molar-refractivity contribution >= 4 is 11.8 Å². The lowest BCUT2D eigenvalue weighted by molar-refractivity contribution is -0.143. The molecule has 3 rings (SSSR count). The molecule has 0 heterocycles. The molecule has 0 spiro atoms. The molecule has 0 aromatic heterocycles. The Kier molecular flexibility index (Phi) is 8.32. The summed E-state index contributed by atoms with van der Waals surface area (Å²) in [6.07, 6.45) is 4.89. The largest absolute Gasteiger partial charge is 0.483 e. The van der Waals surface area contributed by atoms with Crippen LogP contribution >= 0.6 is 0 Å². The first-order chi connectivity index (χ1) is 15.4. The van der Waals surface area contributed by atoms with Crippen LogP contribution in [0.3, 0.4) is 0 Å². The zero-order valence-electron chi connectivity index (χ0n) is 19.8. The summed E-state index contributed by atoms with van der Waals surface area (Å²) >= 11 is 0. The molecule has 2 aromatic carbocycles. The number of benzene rings is 2. The third-order valence-corrected chi connectivity index (χ3v) is 6.24. The molecule has 0 aliphatic heterocycles. The van der Waals surface area contributed by atoms with E-state index in [0.717, 1.165) is 47.9 Å². The Hall–Kier alpha value is -2.82. The van der Waals surface area contributed by atoms with E-state index in [-0.39, 0.29) is 24.5 Å². The molecule has 1 saturated carbocycles. The van der Waals surface area contributed by atoms with Gasteiger partial charge < -0.3 is 15.0 Å². The van der Waals surface area contributed by atoms with Crippen LogP contribution in [0.2, 0.25) is 0 Å². The molecule has 2 amide bonds. The van der Waals surface area contributed by atoms with Crippen LogP contribution in [0.15, 0.2) is 42.5 Å². The number of carbonyl (C=O) groups is 2. The first-order valence-corrected chi connectivity index (χ1v) is 11.7. The average Bonchev–Trinajstić information content (AvgIpc) is 3.27. The van der Waals surface area contributed by atoms with Crippen molar-refractivity contribution in [2.45, 2.75) is 78.4 Å². The van der Waals surface area contributed by atoms with Crippen molar-refractivity contribution in [3.63, 3.8) is 0 Å². The van der Waals surface area contributed by atoms with Crippen LogP contribution in [0.25, 0.3) is 0 Å². The van der Waals surface area contributed by atoms with Crippen LogP contribution < -0.4 is 10.1 Å². The van der Waals surface area contributed by atoms with Gasteiger partial charge in [-0.2, -0.15) is 0 Å². The summed E-state index contributed by atoms with van der Waals surface area (Å²) in [6, 6.07) is 13.7. The predicted octanol–water partition coefficient (Wildman–Crippen LogP) is 4.86.